The topological polar surface area (TPSA) is 101 Å². The lowest BCUT2D eigenvalue weighted by Gasteiger charge is -2.24. The van der Waals surface area contributed by atoms with Crippen LogP contribution in [0.3, 0.4) is 0 Å². The summed E-state index contributed by atoms with van der Waals surface area (Å²) in [7, 11) is 0. The average molecular weight is 428 g/mol. The number of fused-ring (bicyclic) bond motifs is 2. The zero-order chi connectivity index (χ0) is 22.1. The number of carbonyl (C=O) groups excluding carboxylic acids is 2. The number of nitrogens with one attached hydrogen (secondary N) is 1. The highest BCUT2D eigenvalue weighted by Crippen LogP contribution is 2.32. The predicted octanol–water partition coefficient (Wildman–Crippen LogP) is 2.77. The molecule has 1 aliphatic rings. The summed E-state index contributed by atoms with van der Waals surface area (Å²) in [5.74, 6) is 0.590. The summed E-state index contributed by atoms with van der Waals surface area (Å²) in [6.45, 7) is 2.44. The number of hydrogen-bond acceptors (Lipinski definition) is 6. The fourth-order valence-corrected chi connectivity index (χ4v) is 3.30. The Morgan fingerprint density at radius 1 is 1.16 bits per heavy atom. The number of hydrogen-bond donors (Lipinski definition) is 2. The number of para-hydroxylation sites is 2. The maximum atomic E-state index is 13.4. The van der Waals surface area contributed by atoms with E-state index in [1.165, 1.54) is 4.90 Å². The van der Waals surface area contributed by atoms with Crippen molar-refractivity contribution in [1.29, 1.82) is 0 Å². The van der Waals surface area contributed by atoms with Gasteiger partial charge in [-0.2, -0.15) is 0 Å². The van der Waals surface area contributed by atoms with E-state index in [1.807, 2.05) is 18.2 Å². The van der Waals surface area contributed by atoms with Gasteiger partial charge in [0.2, 0.25) is 11.8 Å². The van der Waals surface area contributed by atoms with Crippen LogP contribution in [0.1, 0.15) is 43.0 Å². The van der Waals surface area contributed by atoms with Crippen LogP contribution >= 0.6 is 0 Å². The normalized spacial score (nSPS) is 16.1. The van der Waals surface area contributed by atoms with Crippen molar-refractivity contribution < 1.29 is 24.2 Å². The van der Waals surface area contributed by atoms with Gasteiger partial charge in [0.15, 0.2) is 11.5 Å². The van der Waals surface area contributed by atoms with E-state index < -0.39 is 0 Å². The Balaban J connectivity index is 1.89. The third kappa shape index (κ3) is 6.42. The SMILES string of the molecule is C[C@@H](CO)NC(=O)CN1CCCCCCOc2ccccc2Oc2ncccc2C1=O. The van der Waals surface area contributed by atoms with Crippen LogP contribution in [0.15, 0.2) is 42.6 Å². The van der Waals surface area contributed by atoms with Gasteiger partial charge in [-0.15, -0.1) is 0 Å². The highest BCUT2D eigenvalue weighted by molar-refractivity contribution is 5.98. The molecule has 0 unspecified atom stereocenters. The van der Waals surface area contributed by atoms with E-state index in [-0.39, 0.29) is 42.5 Å². The van der Waals surface area contributed by atoms with E-state index in [2.05, 4.69) is 10.3 Å². The van der Waals surface area contributed by atoms with E-state index in [0.29, 0.717) is 24.7 Å². The van der Waals surface area contributed by atoms with Crippen LogP contribution in [-0.4, -0.2) is 59.1 Å². The van der Waals surface area contributed by atoms with Gasteiger partial charge in [0.1, 0.15) is 5.56 Å². The second-order valence-electron chi connectivity index (χ2n) is 7.55. The van der Waals surface area contributed by atoms with Crippen LogP contribution in [0.25, 0.3) is 0 Å². The Labute approximate surface area is 182 Å². The fraction of sp³-hybridized carbons (Fsp3) is 0.435. The highest BCUT2D eigenvalue weighted by Gasteiger charge is 2.24. The zero-order valence-electron chi connectivity index (χ0n) is 17.8. The number of aliphatic hydroxyl groups is 1. The van der Waals surface area contributed by atoms with Crippen molar-refractivity contribution in [2.45, 2.75) is 38.6 Å². The summed E-state index contributed by atoms with van der Waals surface area (Å²) >= 11 is 0. The predicted molar refractivity (Wildman–Crippen MR) is 115 cm³/mol. The van der Waals surface area contributed by atoms with E-state index >= 15 is 0 Å². The van der Waals surface area contributed by atoms with Gasteiger partial charge in [0.05, 0.1) is 19.8 Å². The first-order valence-corrected chi connectivity index (χ1v) is 10.6. The van der Waals surface area contributed by atoms with Gasteiger partial charge < -0.3 is 24.8 Å². The molecule has 2 N–H and O–H groups in total. The number of aromatic nitrogens is 1. The molecular formula is C23H29N3O5. The third-order valence-electron chi connectivity index (χ3n) is 4.94. The molecule has 8 nitrogen and oxygen atoms in total. The van der Waals surface area contributed by atoms with Crippen LogP contribution in [0.2, 0.25) is 0 Å². The van der Waals surface area contributed by atoms with Crippen molar-refractivity contribution in [3.8, 4) is 17.4 Å². The quantitative estimate of drug-likeness (QED) is 0.778. The molecule has 166 valence electrons. The Kier molecular flexibility index (Phi) is 8.23. The lowest BCUT2D eigenvalue weighted by molar-refractivity contribution is -0.122. The van der Waals surface area contributed by atoms with Crippen LogP contribution in [-0.2, 0) is 4.79 Å². The molecule has 1 aromatic carbocycles. The standard InChI is InChI=1S/C23H29N3O5/c1-17(16-27)25-21(28)15-26-13-6-2-3-7-14-30-19-10-4-5-11-20(19)31-22-18(23(26)29)9-8-12-24-22/h4-5,8-12,17,27H,2-3,6-7,13-16H2,1H3,(H,25,28)/t17-/m0/s1. The second-order valence-corrected chi connectivity index (χ2v) is 7.55. The maximum Gasteiger partial charge on any atom is 0.259 e. The van der Waals surface area contributed by atoms with Crippen molar-refractivity contribution in [3.05, 3.63) is 48.2 Å². The summed E-state index contributed by atoms with van der Waals surface area (Å²) < 4.78 is 11.8. The third-order valence-corrected chi connectivity index (χ3v) is 4.94. The molecule has 0 fully saturated rings. The minimum atomic E-state index is -0.379. The summed E-state index contributed by atoms with van der Waals surface area (Å²) in [5.41, 5.74) is 0.275. The number of carbonyl (C=O) groups is 2. The Hall–Kier alpha value is -3.13. The molecule has 1 atom stereocenters. The Morgan fingerprint density at radius 2 is 1.94 bits per heavy atom. The Morgan fingerprint density at radius 3 is 2.74 bits per heavy atom. The van der Waals surface area contributed by atoms with Gasteiger partial charge >= 0.3 is 0 Å². The highest BCUT2D eigenvalue weighted by atomic mass is 16.5. The van der Waals surface area contributed by atoms with Crippen LogP contribution < -0.4 is 14.8 Å². The molecule has 2 amide bonds. The van der Waals surface area contributed by atoms with Gasteiger partial charge in [-0.3, -0.25) is 9.59 Å². The molecule has 0 spiro atoms. The van der Waals surface area contributed by atoms with Crippen molar-refractivity contribution in [1.82, 2.24) is 15.2 Å². The fourth-order valence-electron chi connectivity index (χ4n) is 3.30. The zero-order valence-corrected chi connectivity index (χ0v) is 17.8. The molecule has 3 rings (SSSR count). The summed E-state index contributed by atoms with van der Waals surface area (Å²) in [6, 6.07) is 10.2. The first kappa shape index (κ1) is 22.6. The first-order chi connectivity index (χ1) is 15.1. The molecule has 0 saturated carbocycles. The number of benzene rings is 1. The molecule has 31 heavy (non-hydrogen) atoms. The van der Waals surface area contributed by atoms with Crippen LogP contribution in [0.4, 0.5) is 0 Å². The molecule has 2 heterocycles. The van der Waals surface area contributed by atoms with Crippen LogP contribution in [0, 0.1) is 0 Å². The van der Waals surface area contributed by atoms with E-state index in [1.54, 1.807) is 31.3 Å². The van der Waals surface area contributed by atoms with Crippen LogP contribution in [0.5, 0.6) is 17.4 Å². The van der Waals surface area contributed by atoms with Gasteiger partial charge in [-0.05, 0) is 44.0 Å². The molecular weight excluding hydrogens is 398 g/mol. The summed E-state index contributed by atoms with van der Waals surface area (Å²) in [5, 5.41) is 11.9. The molecule has 0 radical (unpaired) electrons. The lowest BCUT2D eigenvalue weighted by Crippen LogP contribution is -2.44. The molecule has 0 saturated heterocycles. The summed E-state index contributed by atoms with van der Waals surface area (Å²) in [4.78, 5) is 31.5. The number of amides is 2. The average Bonchev–Trinajstić information content (AvgIpc) is 2.78. The van der Waals surface area contributed by atoms with Crippen molar-refractivity contribution in [2.75, 3.05) is 26.3 Å². The smallest absolute Gasteiger partial charge is 0.259 e. The van der Waals surface area contributed by atoms with Gasteiger partial charge in [0, 0.05) is 18.8 Å². The van der Waals surface area contributed by atoms with Crippen molar-refractivity contribution >= 4 is 11.8 Å². The second kappa shape index (κ2) is 11.3. The maximum absolute atomic E-state index is 13.4. The van der Waals surface area contributed by atoms with E-state index in [4.69, 9.17) is 9.47 Å². The monoisotopic (exact) mass is 427 g/mol. The van der Waals surface area contributed by atoms with Crippen molar-refractivity contribution in [3.63, 3.8) is 0 Å². The van der Waals surface area contributed by atoms with E-state index in [9.17, 15) is 14.7 Å². The molecule has 2 aromatic rings. The molecule has 1 aliphatic heterocycles. The minimum absolute atomic E-state index is 0.1000. The van der Waals surface area contributed by atoms with Gasteiger partial charge in [0.25, 0.3) is 5.91 Å². The number of ether oxygens (including phenoxy) is 2. The van der Waals surface area contributed by atoms with Gasteiger partial charge in [-0.25, -0.2) is 4.98 Å². The lowest BCUT2D eigenvalue weighted by atomic mass is 10.1. The summed E-state index contributed by atoms with van der Waals surface area (Å²) in [6.07, 6.45) is 5.07. The number of aliphatic hydroxyl groups excluding tert-OH is 1. The first-order valence-electron chi connectivity index (χ1n) is 10.6. The minimum Gasteiger partial charge on any atom is -0.490 e. The molecule has 8 heteroatoms. The molecule has 1 aromatic heterocycles. The largest absolute Gasteiger partial charge is 0.490 e. The number of rotatable bonds is 4. The number of pyridine rings is 1. The Bertz CT molecular complexity index is 889. The van der Waals surface area contributed by atoms with Crippen molar-refractivity contribution in [2.24, 2.45) is 0 Å². The number of nitrogens with zero attached hydrogens (tertiary/aromatic N) is 2. The molecule has 0 bridgehead atoms. The molecule has 0 aliphatic carbocycles. The van der Waals surface area contributed by atoms with Gasteiger partial charge in [-0.1, -0.05) is 25.0 Å². The van der Waals surface area contributed by atoms with E-state index in [0.717, 1.165) is 25.7 Å².